The predicted molar refractivity (Wildman–Crippen MR) is 58.0 cm³/mol. The van der Waals surface area contributed by atoms with Gasteiger partial charge in [0, 0.05) is 35.9 Å². The van der Waals surface area contributed by atoms with Crippen LogP contribution < -0.4 is 10.2 Å². The molecule has 14 heavy (non-hydrogen) atoms. The summed E-state index contributed by atoms with van der Waals surface area (Å²) in [4.78, 5) is 2.43. The van der Waals surface area contributed by atoms with Gasteiger partial charge in [0.05, 0.1) is 0 Å². The second kappa shape index (κ2) is 3.14. The molecule has 1 aromatic rings. The standard InChI is InChI=1S/C11H12ClN2/c12-8-2-1-3-10(4-8)14-7-9-5-11(14)6-13-9/h1-4,9,11H,5-7H2/t9-,11-/m0/s1. The Balaban J connectivity index is 1.89. The first-order valence-electron chi connectivity index (χ1n) is 5.02. The van der Waals surface area contributed by atoms with Crippen LogP contribution >= 0.6 is 11.6 Å². The Bertz CT molecular complexity index is 353. The fourth-order valence-corrected chi connectivity index (χ4v) is 2.62. The molecule has 0 aromatic heterocycles. The van der Waals surface area contributed by atoms with Crippen molar-refractivity contribution in [1.29, 1.82) is 0 Å². The fourth-order valence-electron chi connectivity index (χ4n) is 2.44. The smallest absolute Gasteiger partial charge is 0.0448 e. The van der Waals surface area contributed by atoms with Gasteiger partial charge < -0.3 is 4.90 Å². The highest BCUT2D eigenvalue weighted by molar-refractivity contribution is 6.30. The Hall–Kier alpha value is -0.730. The van der Waals surface area contributed by atoms with E-state index in [1.807, 2.05) is 18.2 Å². The van der Waals surface area contributed by atoms with Crippen LogP contribution in [0.2, 0.25) is 5.02 Å². The third kappa shape index (κ3) is 1.30. The second-order valence-electron chi connectivity index (χ2n) is 4.04. The Morgan fingerprint density at radius 1 is 1.43 bits per heavy atom. The van der Waals surface area contributed by atoms with Crippen LogP contribution in [0.5, 0.6) is 0 Å². The first-order valence-corrected chi connectivity index (χ1v) is 5.39. The van der Waals surface area contributed by atoms with Crippen molar-refractivity contribution in [3.8, 4) is 0 Å². The average Bonchev–Trinajstić information content (AvgIpc) is 2.78. The molecule has 2 aliphatic heterocycles. The lowest BCUT2D eigenvalue weighted by Gasteiger charge is -2.28. The molecule has 2 nitrogen and oxygen atoms in total. The lowest BCUT2D eigenvalue weighted by atomic mass is 10.2. The van der Waals surface area contributed by atoms with Crippen molar-refractivity contribution in [2.45, 2.75) is 18.5 Å². The molecular formula is C11H12ClN2. The van der Waals surface area contributed by atoms with Crippen molar-refractivity contribution in [3.63, 3.8) is 0 Å². The van der Waals surface area contributed by atoms with E-state index in [1.54, 1.807) is 0 Å². The normalized spacial score (nSPS) is 29.9. The lowest BCUT2D eigenvalue weighted by molar-refractivity contribution is 0.569. The second-order valence-corrected chi connectivity index (χ2v) is 4.48. The third-order valence-corrected chi connectivity index (χ3v) is 3.34. The number of hydrogen-bond donors (Lipinski definition) is 0. The van der Waals surface area contributed by atoms with Gasteiger partial charge in [0.2, 0.25) is 0 Å². The molecule has 0 saturated carbocycles. The SMILES string of the molecule is Clc1cccc(N2C[C@@H]3C[C@H]2C[N]3)c1. The van der Waals surface area contributed by atoms with E-state index in [0.29, 0.717) is 12.1 Å². The predicted octanol–water partition coefficient (Wildman–Crippen LogP) is 1.91. The van der Waals surface area contributed by atoms with Gasteiger partial charge in [0.25, 0.3) is 0 Å². The van der Waals surface area contributed by atoms with Gasteiger partial charge in [-0.15, -0.1) is 0 Å². The zero-order valence-corrected chi connectivity index (χ0v) is 8.61. The van der Waals surface area contributed by atoms with Crippen molar-refractivity contribution in [2.24, 2.45) is 0 Å². The van der Waals surface area contributed by atoms with E-state index >= 15 is 0 Å². The summed E-state index contributed by atoms with van der Waals surface area (Å²) in [6, 6.07) is 9.30. The van der Waals surface area contributed by atoms with Gasteiger partial charge in [0.15, 0.2) is 0 Å². The fraction of sp³-hybridized carbons (Fsp3) is 0.455. The zero-order chi connectivity index (χ0) is 9.54. The lowest BCUT2D eigenvalue weighted by Crippen LogP contribution is -2.40. The summed E-state index contributed by atoms with van der Waals surface area (Å²) < 4.78 is 0. The van der Waals surface area contributed by atoms with Gasteiger partial charge in [-0.05, 0) is 24.6 Å². The van der Waals surface area contributed by atoms with Crippen molar-refractivity contribution < 1.29 is 0 Å². The number of fused-ring (bicyclic) bond motifs is 2. The van der Waals surface area contributed by atoms with Crippen molar-refractivity contribution in [3.05, 3.63) is 29.3 Å². The molecule has 2 aliphatic rings. The van der Waals surface area contributed by atoms with Gasteiger partial charge in [0.1, 0.15) is 0 Å². The van der Waals surface area contributed by atoms with Crippen LogP contribution in [0.4, 0.5) is 5.69 Å². The summed E-state index contributed by atoms with van der Waals surface area (Å²) >= 11 is 5.98. The molecule has 0 spiro atoms. The van der Waals surface area contributed by atoms with E-state index in [9.17, 15) is 0 Å². The number of hydrogen-bond acceptors (Lipinski definition) is 1. The molecule has 73 valence electrons. The number of piperazine rings is 1. The molecule has 2 heterocycles. The quantitative estimate of drug-likeness (QED) is 0.688. The summed E-state index contributed by atoms with van der Waals surface area (Å²) in [5.41, 5.74) is 1.25. The van der Waals surface area contributed by atoms with Gasteiger partial charge in [-0.2, -0.15) is 0 Å². The first-order chi connectivity index (χ1) is 6.83. The highest BCUT2D eigenvalue weighted by Gasteiger charge is 2.38. The minimum atomic E-state index is 0.569. The minimum absolute atomic E-state index is 0.569. The van der Waals surface area contributed by atoms with Crippen LogP contribution in [0.3, 0.4) is 0 Å². The number of nitrogens with zero attached hydrogens (tertiary/aromatic N) is 2. The molecule has 3 heteroatoms. The maximum absolute atomic E-state index is 5.98. The first kappa shape index (κ1) is 8.57. The van der Waals surface area contributed by atoms with Gasteiger partial charge in [-0.1, -0.05) is 17.7 Å². The Morgan fingerprint density at radius 3 is 3.00 bits per heavy atom. The minimum Gasteiger partial charge on any atom is -0.365 e. The molecule has 0 amide bonds. The highest BCUT2D eigenvalue weighted by Crippen LogP contribution is 2.31. The monoisotopic (exact) mass is 207 g/mol. The van der Waals surface area contributed by atoms with E-state index in [4.69, 9.17) is 11.6 Å². The molecule has 3 rings (SSSR count). The van der Waals surface area contributed by atoms with E-state index in [1.165, 1.54) is 12.1 Å². The van der Waals surface area contributed by atoms with Crippen LogP contribution in [0.25, 0.3) is 0 Å². The Labute approximate surface area is 88.9 Å². The molecule has 1 radical (unpaired) electrons. The number of anilines is 1. The molecule has 1 aromatic carbocycles. The van der Waals surface area contributed by atoms with Crippen molar-refractivity contribution >= 4 is 17.3 Å². The third-order valence-electron chi connectivity index (χ3n) is 3.11. The maximum Gasteiger partial charge on any atom is 0.0448 e. The van der Waals surface area contributed by atoms with Crippen LogP contribution in [0, 0.1) is 0 Å². The molecule has 2 atom stereocenters. The molecule has 0 aliphatic carbocycles. The Kier molecular flexibility index (Phi) is 1.92. The number of halogens is 1. The summed E-state index contributed by atoms with van der Waals surface area (Å²) in [6.07, 6.45) is 1.23. The molecular weight excluding hydrogens is 196 g/mol. The van der Waals surface area contributed by atoms with E-state index in [-0.39, 0.29) is 0 Å². The zero-order valence-electron chi connectivity index (χ0n) is 7.86. The Morgan fingerprint density at radius 2 is 2.36 bits per heavy atom. The maximum atomic E-state index is 5.98. The number of rotatable bonds is 1. The topological polar surface area (TPSA) is 17.3 Å². The molecule has 2 fully saturated rings. The van der Waals surface area contributed by atoms with Crippen molar-refractivity contribution in [1.82, 2.24) is 5.32 Å². The van der Waals surface area contributed by atoms with Gasteiger partial charge in [-0.25, -0.2) is 5.32 Å². The number of benzene rings is 1. The highest BCUT2D eigenvalue weighted by atomic mass is 35.5. The summed E-state index contributed by atoms with van der Waals surface area (Å²) in [6.45, 7) is 2.07. The van der Waals surface area contributed by atoms with Gasteiger partial charge >= 0.3 is 0 Å². The van der Waals surface area contributed by atoms with Crippen molar-refractivity contribution in [2.75, 3.05) is 18.0 Å². The van der Waals surface area contributed by atoms with E-state index in [0.717, 1.165) is 18.1 Å². The van der Waals surface area contributed by atoms with E-state index in [2.05, 4.69) is 16.3 Å². The van der Waals surface area contributed by atoms with E-state index < -0.39 is 0 Å². The van der Waals surface area contributed by atoms with Crippen LogP contribution in [0.1, 0.15) is 6.42 Å². The molecule has 2 bridgehead atoms. The molecule has 0 N–H and O–H groups in total. The largest absolute Gasteiger partial charge is 0.365 e. The molecule has 2 saturated heterocycles. The summed E-state index contributed by atoms with van der Waals surface area (Å²) in [7, 11) is 0. The summed E-state index contributed by atoms with van der Waals surface area (Å²) in [5, 5.41) is 5.35. The van der Waals surface area contributed by atoms with Crippen LogP contribution in [-0.4, -0.2) is 25.2 Å². The summed E-state index contributed by atoms with van der Waals surface area (Å²) in [5.74, 6) is 0. The van der Waals surface area contributed by atoms with Crippen LogP contribution in [-0.2, 0) is 0 Å². The average molecular weight is 208 g/mol. The molecule has 0 unspecified atom stereocenters. The van der Waals surface area contributed by atoms with Gasteiger partial charge in [-0.3, -0.25) is 0 Å². The van der Waals surface area contributed by atoms with Crippen LogP contribution in [0.15, 0.2) is 24.3 Å².